The number of nitriles is 1. The molecule has 2 aliphatic rings. The lowest BCUT2D eigenvalue weighted by atomic mass is 9.78. The molecule has 21 heavy (non-hydrogen) atoms. The molecular formula is C16H14Cl2N2O. The molecule has 1 fully saturated rings. The molecule has 0 N–H and O–H groups in total. The molecular weight excluding hydrogens is 307 g/mol. The number of hydrogen-bond donors (Lipinski definition) is 0. The van der Waals surface area contributed by atoms with Crippen molar-refractivity contribution in [2.24, 2.45) is 5.92 Å². The highest BCUT2D eigenvalue weighted by Gasteiger charge is 2.54. The van der Waals surface area contributed by atoms with Crippen molar-refractivity contribution >= 4 is 29.1 Å². The van der Waals surface area contributed by atoms with Crippen LogP contribution in [0.15, 0.2) is 42.0 Å². The van der Waals surface area contributed by atoms with Gasteiger partial charge in [-0.25, -0.2) is 0 Å². The number of nitrogens with zero attached hydrogens (tertiary/aromatic N) is 2. The highest BCUT2D eigenvalue weighted by molar-refractivity contribution is 6.58. The van der Waals surface area contributed by atoms with Crippen LogP contribution in [0, 0.1) is 17.2 Å². The summed E-state index contributed by atoms with van der Waals surface area (Å²) in [6.45, 7) is 0.494. The van der Waals surface area contributed by atoms with Gasteiger partial charge in [-0.2, -0.15) is 5.26 Å². The maximum atomic E-state index is 12.7. The van der Waals surface area contributed by atoms with Crippen LogP contribution in [-0.2, 0) is 11.3 Å². The van der Waals surface area contributed by atoms with Crippen LogP contribution in [0.25, 0.3) is 0 Å². The van der Waals surface area contributed by atoms with Crippen molar-refractivity contribution in [2.75, 3.05) is 0 Å². The van der Waals surface area contributed by atoms with E-state index in [1.54, 1.807) is 4.90 Å². The van der Waals surface area contributed by atoms with Crippen LogP contribution in [0.2, 0.25) is 0 Å². The molecule has 1 heterocycles. The maximum absolute atomic E-state index is 12.7. The highest BCUT2D eigenvalue weighted by Crippen LogP contribution is 2.47. The molecule has 0 saturated carbocycles. The van der Waals surface area contributed by atoms with Gasteiger partial charge in [0.1, 0.15) is 0 Å². The Balaban J connectivity index is 1.92. The molecule has 2 atom stereocenters. The number of carbonyl (C=O) groups is 1. The molecule has 108 valence electrons. The number of alkyl halides is 2. The Bertz CT molecular complexity index is 633. The van der Waals surface area contributed by atoms with E-state index in [1.165, 1.54) is 0 Å². The fourth-order valence-electron chi connectivity index (χ4n) is 3.11. The van der Waals surface area contributed by atoms with Crippen molar-refractivity contribution < 1.29 is 4.79 Å². The lowest BCUT2D eigenvalue weighted by Crippen LogP contribution is -2.58. The van der Waals surface area contributed by atoms with Crippen molar-refractivity contribution in [2.45, 2.75) is 29.8 Å². The van der Waals surface area contributed by atoms with Gasteiger partial charge in [0.2, 0.25) is 4.33 Å². The minimum absolute atomic E-state index is 0.0606. The van der Waals surface area contributed by atoms with Gasteiger partial charge in [-0.3, -0.25) is 4.79 Å². The third-order valence-corrected chi connectivity index (χ3v) is 5.09. The van der Waals surface area contributed by atoms with Crippen LogP contribution in [-0.4, -0.2) is 21.2 Å². The largest absolute Gasteiger partial charge is 0.332 e. The van der Waals surface area contributed by atoms with E-state index in [4.69, 9.17) is 28.5 Å². The Morgan fingerprint density at radius 1 is 1.33 bits per heavy atom. The van der Waals surface area contributed by atoms with Gasteiger partial charge in [0.05, 0.1) is 6.07 Å². The quantitative estimate of drug-likeness (QED) is 0.783. The third-order valence-electron chi connectivity index (χ3n) is 4.24. The molecule has 1 saturated heterocycles. The smallest absolute Gasteiger partial charge is 0.260 e. The molecule has 1 aromatic rings. The van der Waals surface area contributed by atoms with Crippen LogP contribution in [0.4, 0.5) is 0 Å². The molecule has 1 amide bonds. The number of benzene rings is 1. The van der Waals surface area contributed by atoms with E-state index < -0.39 is 10.3 Å². The van der Waals surface area contributed by atoms with E-state index in [0.717, 1.165) is 5.56 Å². The van der Waals surface area contributed by atoms with E-state index >= 15 is 0 Å². The number of allylic oxidation sites excluding steroid dienone is 1. The average Bonchev–Trinajstić information content (AvgIpc) is 2.51. The first-order chi connectivity index (χ1) is 10.0. The second-order valence-electron chi connectivity index (χ2n) is 5.49. The SMILES string of the molecule is N#CC1=CC[C@@H]2C[C@H]1C(Cl)(Cl)C(=O)N2Cc1ccccc1. The first kappa shape index (κ1) is 14.4. The summed E-state index contributed by atoms with van der Waals surface area (Å²) in [5.41, 5.74) is 1.58. The summed E-state index contributed by atoms with van der Waals surface area (Å²) < 4.78 is -1.55. The van der Waals surface area contributed by atoms with Gasteiger partial charge < -0.3 is 4.90 Å². The summed E-state index contributed by atoms with van der Waals surface area (Å²) in [5.74, 6) is -0.694. The molecule has 5 heteroatoms. The molecule has 1 aromatic carbocycles. The van der Waals surface area contributed by atoms with Crippen molar-refractivity contribution in [3.8, 4) is 6.07 Å². The number of likely N-dealkylation sites (tertiary alicyclic amines) is 1. The average molecular weight is 321 g/mol. The summed E-state index contributed by atoms with van der Waals surface area (Å²) in [5, 5.41) is 9.16. The van der Waals surface area contributed by atoms with Gasteiger partial charge >= 0.3 is 0 Å². The lowest BCUT2D eigenvalue weighted by molar-refractivity contribution is -0.140. The number of fused-ring (bicyclic) bond motifs is 2. The van der Waals surface area contributed by atoms with Crippen LogP contribution in [0.1, 0.15) is 18.4 Å². The zero-order chi connectivity index (χ0) is 15.0. The molecule has 1 aliphatic heterocycles. The summed E-state index contributed by atoms with van der Waals surface area (Å²) >= 11 is 12.6. The van der Waals surface area contributed by atoms with Gasteiger partial charge in [0.15, 0.2) is 0 Å². The Morgan fingerprint density at radius 2 is 2.05 bits per heavy atom. The summed E-state index contributed by atoms with van der Waals surface area (Å²) in [4.78, 5) is 14.4. The fraction of sp³-hybridized carbons (Fsp3) is 0.375. The fourth-order valence-corrected chi connectivity index (χ4v) is 3.74. The summed E-state index contributed by atoms with van der Waals surface area (Å²) in [7, 11) is 0. The van der Waals surface area contributed by atoms with Crippen LogP contribution in [0.5, 0.6) is 0 Å². The minimum Gasteiger partial charge on any atom is -0.332 e. The maximum Gasteiger partial charge on any atom is 0.260 e. The second-order valence-corrected chi connectivity index (χ2v) is 6.88. The van der Waals surface area contributed by atoms with E-state index in [2.05, 4.69) is 6.07 Å². The minimum atomic E-state index is -1.55. The lowest BCUT2D eigenvalue weighted by Gasteiger charge is -2.47. The van der Waals surface area contributed by atoms with Gasteiger partial charge in [0.25, 0.3) is 5.91 Å². The first-order valence-electron chi connectivity index (χ1n) is 6.87. The number of halogens is 2. The molecule has 0 unspecified atom stereocenters. The van der Waals surface area contributed by atoms with Crippen LogP contribution >= 0.6 is 23.2 Å². The van der Waals surface area contributed by atoms with Gasteiger partial charge in [-0.1, -0.05) is 59.6 Å². The van der Waals surface area contributed by atoms with Crippen molar-refractivity contribution in [1.82, 2.24) is 4.90 Å². The summed E-state index contributed by atoms with van der Waals surface area (Å²) in [6, 6.07) is 12.0. The molecule has 3 rings (SSSR count). The normalized spacial score (nSPS) is 27.0. The molecule has 1 aliphatic carbocycles. The monoisotopic (exact) mass is 320 g/mol. The highest BCUT2D eigenvalue weighted by atomic mass is 35.5. The Kier molecular flexibility index (Phi) is 3.69. The van der Waals surface area contributed by atoms with Crippen molar-refractivity contribution in [1.29, 1.82) is 5.26 Å². The Hall–Kier alpha value is -1.50. The standard InChI is InChI=1S/C16H14Cl2N2O/c17-16(18)14-8-13(7-6-12(14)9-19)20(15(16)21)10-11-4-2-1-3-5-11/h1-6,13-14H,7-8,10H2/t13-,14-/m1/s1. The van der Waals surface area contributed by atoms with Crippen molar-refractivity contribution in [3.05, 3.63) is 47.5 Å². The molecule has 0 radical (unpaired) electrons. The number of carbonyl (C=O) groups excluding carboxylic acids is 1. The predicted octanol–water partition coefficient (Wildman–Crippen LogP) is 3.43. The number of rotatable bonds is 2. The zero-order valence-corrected chi connectivity index (χ0v) is 12.8. The van der Waals surface area contributed by atoms with E-state index in [-0.39, 0.29) is 11.9 Å². The third kappa shape index (κ3) is 2.43. The van der Waals surface area contributed by atoms with Gasteiger partial charge in [0, 0.05) is 24.1 Å². The number of amides is 1. The number of piperidine rings is 1. The Labute approximate surface area is 133 Å². The molecule has 2 bridgehead atoms. The van der Waals surface area contributed by atoms with Crippen LogP contribution in [0.3, 0.4) is 0 Å². The van der Waals surface area contributed by atoms with E-state index in [0.29, 0.717) is 25.0 Å². The zero-order valence-electron chi connectivity index (χ0n) is 11.3. The Morgan fingerprint density at radius 3 is 2.71 bits per heavy atom. The van der Waals surface area contributed by atoms with Gasteiger partial charge in [-0.15, -0.1) is 0 Å². The molecule has 3 nitrogen and oxygen atoms in total. The molecule has 0 spiro atoms. The second kappa shape index (κ2) is 5.36. The summed E-state index contributed by atoms with van der Waals surface area (Å²) in [6.07, 6.45) is 3.19. The van der Waals surface area contributed by atoms with Gasteiger partial charge in [-0.05, 0) is 18.4 Å². The van der Waals surface area contributed by atoms with E-state index in [9.17, 15) is 4.79 Å². The molecule has 0 aromatic heterocycles. The first-order valence-corrected chi connectivity index (χ1v) is 7.62. The topological polar surface area (TPSA) is 44.1 Å². The van der Waals surface area contributed by atoms with Crippen molar-refractivity contribution in [3.63, 3.8) is 0 Å². The number of hydrogen-bond acceptors (Lipinski definition) is 2. The van der Waals surface area contributed by atoms with E-state index in [1.807, 2.05) is 36.4 Å². The predicted molar refractivity (Wildman–Crippen MR) is 81.6 cm³/mol. The van der Waals surface area contributed by atoms with Crippen LogP contribution < -0.4 is 0 Å².